The molecule has 1 aromatic heterocycles. The number of nitrogens with zero attached hydrogens (tertiary/aromatic N) is 1. The number of carbonyl (C=O) groups is 1. The standard InChI is InChI=1S/C35H38ClNO3S.Na/c1-34(2,22-33(38)39)23-41-32(19-15-25-9-5-6-11-30(25)35(3,4)40)27-10-7-8-24(20-27)12-17-29-18-14-26-13-16-28(36)21-31(26)37-29;/h5-14,16-18,20-21,32,40H,15,19,22-23H2,1-4H3,(H,38,39);/q;+1/p-1/b17-12+;/t32-;/m1./s1. The van der Waals surface area contributed by atoms with Crippen molar-refractivity contribution in [2.75, 3.05) is 5.75 Å². The monoisotopic (exact) mass is 609 g/mol. The van der Waals surface area contributed by atoms with Crippen LogP contribution in [0.5, 0.6) is 0 Å². The maximum Gasteiger partial charge on any atom is 1.00 e. The van der Waals surface area contributed by atoms with Gasteiger partial charge in [0.25, 0.3) is 0 Å². The molecular weight excluding hydrogens is 573 g/mol. The molecule has 1 heterocycles. The molecule has 0 bridgehead atoms. The second kappa shape index (κ2) is 15.1. The maximum atomic E-state index is 11.3. The fourth-order valence-electron chi connectivity index (χ4n) is 4.98. The Kier molecular flexibility index (Phi) is 12.3. The van der Waals surface area contributed by atoms with Crippen LogP contribution in [0.4, 0.5) is 0 Å². The largest absolute Gasteiger partial charge is 1.00 e. The molecule has 0 aliphatic heterocycles. The molecule has 4 rings (SSSR count). The number of aliphatic hydroxyl groups is 1. The van der Waals surface area contributed by atoms with Crippen molar-refractivity contribution in [2.24, 2.45) is 5.41 Å². The summed E-state index contributed by atoms with van der Waals surface area (Å²) in [6, 6.07) is 26.2. The molecule has 1 atom stereocenters. The number of carboxylic acid groups (broad SMARTS) is 1. The van der Waals surface area contributed by atoms with E-state index < -0.39 is 17.0 Å². The van der Waals surface area contributed by atoms with E-state index >= 15 is 0 Å². The van der Waals surface area contributed by atoms with Crippen LogP contribution in [0.3, 0.4) is 0 Å². The minimum absolute atomic E-state index is 0. The van der Waals surface area contributed by atoms with Gasteiger partial charge in [-0.25, -0.2) is 4.98 Å². The number of benzene rings is 3. The molecule has 4 aromatic rings. The molecule has 0 spiro atoms. The number of halogens is 1. The number of aryl methyl sites for hydroxylation is 1. The van der Waals surface area contributed by atoms with Crippen LogP contribution < -0.4 is 34.7 Å². The first-order valence-electron chi connectivity index (χ1n) is 13.9. The van der Waals surface area contributed by atoms with Gasteiger partial charge in [0.15, 0.2) is 0 Å². The molecule has 42 heavy (non-hydrogen) atoms. The van der Waals surface area contributed by atoms with Gasteiger partial charge < -0.3 is 15.0 Å². The number of aromatic nitrogens is 1. The summed E-state index contributed by atoms with van der Waals surface area (Å²) in [5.74, 6) is -0.342. The van der Waals surface area contributed by atoms with Gasteiger partial charge in [0.2, 0.25) is 0 Å². The van der Waals surface area contributed by atoms with Crippen molar-refractivity contribution >= 4 is 52.4 Å². The summed E-state index contributed by atoms with van der Waals surface area (Å²) in [7, 11) is 0. The Morgan fingerprint density at radius 2 is 1.74 bits per heavy atom. The summed E-state index contributed by atoms with van der Waals surface area (Å²) >= 11 is 7.94. The predicted octanol–water partition coefficient (Wildman–Crippen LogP) is 4.86. The Hall–Kier alpha value is -2.12. The van der Waals surface area contributed by atoms with Crippen LogP contribution in [-0.2, 0) is 16.8 Å². The van der Waals surface area contributed by atoms with Gasteiger partial charge in [0.05, 0.1) is 16.8 Å². The minimum Gasteiger partial charge on any atom is -0.550 e. The van der Waals surface area contributed by atoms with Gasteiger partial charge in [0, 0.05) is 21.6 Å². The van der Waals surface area contributed by atoms with E-state index in [1.165, 1.54) is 5.56 Å². The molecule has 1 N–H and O–H groups in total. The van der Waals surface area contributed by atoms with E-state index in [4.69, 9.17) is 16.6 Å². The van der Waals surface area contributed by atoms with Gasteiger partial charge in [-0.3, -0.25) is 0 Å². The molecule has 214 valence electrons. The number of thioether (sulfide) groups is 1. The van der Waals surface area contributed by atoms with E-state index in [1.807, 2.05) is 82.3 Å². The van der Waals surface area contributed by atoms with Gasteiger partial charge in [0.1, 0.15) is 0 Å². The molecule has 4 nitrogen and oxygen atoms in total. The van der Waals surface area contributed by atoms with E-state index in [0.29, 0.717) is 10.8 Å². The normalized spacial score (nSPS) is 12.8. The Bertz CT molecular complexity index is 1550. The second-order valence-corrected chi connectivity index (χ2v) is 13.5. The quantitative estimate of drug-likeness (QED) is 0.232. The Labute approximate surface area is 280 Å². The molecule has 0 aliphatic carbocycles. The summed E-state index contributed by atoms with van der Waals surface area (Å²) in [6.45, 7) is 7.57. The summed E-state index contributed by atoms with van der Waals surface area (Å²) < 4.78 is 0. The average molecular weight is 610 g/mol. The van der Waals surface area contributed by atoms with Crippen molar-refractivity contribution in [3.63, 3.8) is 0 Å². The van der Waals surface area contributed by atoms with Crippen LogP contribution in [-0.4, -0.2) is 21.8 Å². The number of carbonyl (C=O) groups excluding carboxylic acids is 1. The molecule has 0 unspecified atom stereocenters. The molecule has 0 amide bonds. The summed E-state index contributed by atoms with van der Waals surface area (Å²) in [5.41, 5.74) is 4.68. The van der Waals surface area contributed by atoms with Crippen LogP contribution >= 0.6 is 23.4 Å². The third-order valence-corrected chi connectivity index (χ3v) is 9.15. The van der Waals surface area contributed by atoms with E-state index in [0.717, 1.165) is 46.1 Å². The van der Waals surface area contributed by atoms with E-state index in [1.54, 1.807) is 11.8 Å². The van der Waals surface area contributed by atoms with Crippen LogP contribution in [0, 0.1) is 5.41 Å². The van der Waals surface area contributed by atoms with Gasteiger partial charge >= 0.3 is 29.6 Å². The number of pyridine rings is 1. The first-order valence-corrected chi connectivity index (χ1v) is 15.3. The first kappa shape index (κ1) is 34.4. The molecule has 0 saturated carbocycles. The van der Waals surface area contributed by atoms with E-state index in [9.17, 15) is 15.0 Å². The van der Waals surface area contributed by atoms with E-state index in [2.05, 4.69) is 36.4 Å². The van der Waals surface area contributed by atoms with Gasteiger partial charge in [-0.2, -0.15) is 11.8 Å². The second-order valence-electron chi connectivity index (χ2n) is 11.8. The van der Waals surface area contributed by atoms with Crippen molar-refractivity contribution in [2.45, 2.75) is 57.8 Å². The molecule has 0 saturated heterocycles. The zero-order valence-electron chi connectivity index (χ0n) is 25.1. The van der Waals surface area contributed by atoms with Crippen LogP contribution in [0.15, 0.2) is 78.9 Å². The number of hydrogen-bond acceptors (Lipinski definition) is 5. The van der Waals surface area contributed by atoms with Crippen molar-refractivity contribution in [3.05, 3.63) is 112 Å². The van der Waals surface area contributed by atoms with Crippen molar-refractivity contribution in [3.8, 4) is 0 Å². The third kappa shape index (κ3) is 9.97. The SMILES string of the molecule is CC(C)(CS[C@H](CCc1ccccc1C(C)(C)O)c1cccc(/C=C/c2ccc3ccc(Cl)cc3n2)c1)CC(=O)[O-].[Na+]. The molecule has 0 fully saturated rings. The summed E-state index contributed by atoms with van der Waals surface area (Å²) in [6.07, 6.45) is 5.72. The number of fused-ring (bicyclic) bond motifs is 1. The number of aliphatic carboxylic acids is 1. The van der Waals surface area contributed by atoms with Crippen LogP contribution in [0.2, 0.25) is 5.02 Å². The van der Waals surface area contributed by atoms with Crippen LogP contribution in [0.1, 0.15) is 73.7 Å². The molecule has 0 radical (unpaired) electrons. The smallest absolute Gasteiger partial charge is 0.550 e. The summed E-state index contributed by atoms with van der Waals surface area (Å²) in [4.78, 5) is 16.1. The number of carboxylic acids is 1. The van der Waals surface area contributed by atoms with Crippen molar-refractivity contribution < 1.29 is 44.6 Å². The Morgan fingerprint density at radius 3 is 2.48 bits per heavy atom. The number of hydrogen-bond donors (Lipinski definition) is 1. The van der Waals surface area contributed by atoms with Crippen molar-refractivity contribution in [1.82, 2.24) is 4.98 Å². The van der Waals surface area contributed by atoms with Crippen molar-refractivity contribution in [1.29, 1.82) is 0 Å². The fraction of sp³-hybridized carbons (Fsp3) is 0.314. The van der Waals surface area contributed by atoms with Gasteiger partial charge in [-0.05, 0) is 90.8 Å². The van der Waals surface area contributed by atoms with E-state index in [-0.39, 0.29) is 41.2 Å². The topological polar surface area (TPSA) is 73.2 Å². The van der Waals surface area contributed by atoms with Gasteiger partial charge in [-0.15, -0.1) is 0 Å². The third-order valence-electron chi connectivity index (χ3n) is 7.06. The Morgan fingerprint density at radius 1 is 1.00 bits per heavy atom. The number of rotatable bonds is 12. The Balaban J connectivity index is 0.00000484. The van der Waals surface area contributed by atoms with Gasteiger partial charge in [-0.1, -0.05) is 92.2 Å². The van der Waals surface area contributed by atoms with Crippen LogP contribution in [0.25, 0.3) is 23.1 Å². The predicted molar refractivity (Wildman–Crippen MR) is 171 cm³/mol. The minimum atomic E-state index is -1.03. The zero-order chi connectivity index (χ0) is 29.6. The molecule has 3 aromatic carbocycles. The summed E-state index contributed by atoms with van der Waals surface area (Å²) in [5, 5.41) is 23.9. The average Bonchev–Trinajstić information content (AvgIpc) is 2.90. The maximum absolute atomic E-state index is 11.3. The zero-order valence-corrected chi connectivity index (χ0v) is 28.6. The molecular formula is C35H37ClNNaO3S. The fourth-order valence-corrected chi connectivity index (χ4v) is 6.52. The molecule has 7 heteroatoms. The molecule has 0 aliphatic rings. The first-order chi connectivity index (χ1) is 19.4.